The van der Waals surface area contributed by atoms with Gasteiger partial charge in [0.1, 0.15) is 0 Å². The van der Waals surface area contributed by atoms with Crippen molar-refractivity contribution in [3.63, 3.8) is 0 Å². The Kier molecular flexibility index (Phi) is 9.01. The van der Waals surface area contributed by atoms with E-state index in [4.69, 9.17) is 9.97 Å². The second-order valence-corrected chi connectivity index (χ2v) is 17.6. The summed E-state index contributed by atoms with van der Waals surface area (Å²) in [6.07, 6.45) is 20.1. The Morgan fingerprint density at radius 3 is 1.82 bits per heavy atom. The summed E-state index contributed by atoms with van der Waals surface area (Å²) >= 11 is 2.00. The molecule has 0 N–H and O–H groups in total. The van der Waals surface area contributed by atoms with Crippen LogP contribution < -0.4 is 0 Å². The maximum absolute atomic E-state index is 5.37. The van der Waals surface area contributed by atoms with Gasteiger partial charge < -0.3 is 0 Å². The van der Waals surface area contributed by atoms with E-state index in [2.05, 4.69) is 218 Å². The third kappa shape index (κ3) is 6.45. The Bertz CT molecular complexity index is 3360. The number of rotatable bonds is 6. The zero-order chi connectivity index (χ0) is 41.0. The first-order valence-electron chi connectivity index (χ1n) is 21.4. The minimum absolute atomic E-state index is 0.164. The highest BCUT2D eigenvalue weighted by atomic mass is 32.2. The highest BCUT2D eigenvalue weighted by Crippen LogP contribution is 2.52. The largest absolute Gasteiger partial charge is 0.252 e. The summed E-state index contributed by atoms with van der Waals surface area (Å²) in [5.74, 6) is 0.514. The molecule has 0 bridgehead atoms. The molecule has 292 valence electrons. The van der Waals surface area contributed by atoms with Crippen LogP contribution in [0.4, 0.5) is 0 Å². The van der Waals surface area contributed by atoms with Gasteiger partial charge in [0.05, 0.1) is 22.9 Å². The summed E-state index contributed by atoms with van der Waals surface area (Å²) < 4.78 is 0. The summed E-state index contributed by atoms with van der Waals surface area (Å²) in [5.41, 5.74) is 16.4. The predicted molar refractivity (Wildman–Crippen MR) is 262 cm³/mol. The third-order valence-corrected chi connectivity index (χ3v) is 14.2. The van der Waals surface area contributed by atoms with Crippen molar-refractivity contribution in [3.8, 4) is 33.5 Å². The van der Waals surface area contributed by atoms with Crippen LogP contribution in [0.5, 0.6) is 0 Å². The fourth-order valence-electron chi connectivity index (χ4n) is 9.58. The Labute approximate surface area is 366 Å². The molecule has 0 saturated heterocycles. The zero-order valence-electron chi connectivity index (χ0n) is 33.9. The van der Waals surface area contributed by atoms with Crippen molar-refractivity contribution in [1.82, 2.24) is 9.97 Å². The molecule has 3 heteroatoms. The van der Waals surface area contributed by atoms with Gasteiger partial charge >= 0.3 is 0 Å². The van der Waals surface area contributed by atoms with Gasteiger partial charge in [0.15, 0.2) is 0 Å². The van der Waals surface area contributed by atoms with E-state index in [0.717, 1.165) is 33.1 Å². The minimum Gasteiger partial charge on any atom is -0.252 e. The summed E-state index contributed by atoms with van der Waals surface area (Å²) in [4.78, 5) is 11.9. The third-order valence-electron chi connectivity index (χ3n) is 12.8. The molecule has 0 amide bonds. The molecule has 2 aliphatic carbocycles. The second-order valence-electron chi connectivity index (χ2n) is 16.4. The lowest BCUT2D eigenvalue weighted by molar-refractivity contribution is 0.888. The maximum Gasteiger partial charge on any atom is 0.0979 e. The molecule has 62 heavy (non-hydrogen) atoms. The van der Waals surface area contributed by atoms with Gasteiger partial charge in [-0.3, -0.25) is 4.98 Å². The van der Waals surface area contributed by atoms with Gasteiger partial charge in [-0.15, -0.1) is 11.8 Å². The van der Waals surface area contributed by atoms with Crippen molar-refractivity contribution in [2.24, 2.45) is 0 Å². The Hall–Kier alpha value is -7.33. The Morgan fingerprint density at radius 2 is 1.10 bits per heavy atom. The number of hydrogen-bond donors (Lipinski definition) is 0. The van der Waals surface area contributed by atoms with Crippen LogP contribution in [0.2, 0.25) is 0 Å². The minimum atomic E-state index is 0.164. The van der Waals surface area contributed by atoms with E-state index in [9.17, 15) is 0 Å². The van der Waals surface area contributed by atoms with E-state index in [-0.39, 0.29) is 5.92 Å². The molecule has 1 aromatic heterocycles. The molecule has 0 fully saturated rings. The topological polar surface area (TPSA) is 25.8 Å². The van der Waals surface area contributed by atoms with Crippen molar-refractivity contribution in [1.29, 1.82) is 0 Å². The van der Waals surface area contributed by atoms with Gasteiger partial charge in [-0.25, -0.2) is 4.98 Å². The first-order chi connectivity index (χ1) is 30.7. The van der Waals surface area contributed by atoms with Crippen LogP contribution in [0.1, 0.15) is 34.1 Å². The van der Waals surface area contributed by atoms with Gasteiger partial charge in [0, 0.05) is 38.3 Å². The van der Waals surface area contributed by atoms with Crippen LogP contribution in [0.25, 0.3) is 77.2 Å². The molecule has 2 heterocycles. The quantitative estimate of drug-likeness (QED) is 0.157. The summed E-state index contributed by atoms with van der Waals surface area (Å²) in [6.45, 7) is 0. The van der Waals surface area contributed by atoms with Gasteiger partial charge in [0.25, 0.3) is 0 Å². The molecule has 8 aromatic carbocycles. The van der Waals surface area contributed by atoms with Crippen LogP contribution in [0, 0.1) is 0 Å². The predicted octanol–water partition coefficient (Wildman–Crippen LogP) is 15.4. The molecule has 0 saturated carbocycles. The van der Waals surface area contributed by atoms with E-state index >= 15 is 0 Å². The van der Waals surface area contributed by atoms with E-state index in [1.165, 1.54) is 71.3 Å². The molecule has 0 radical (unpaired) electrons. The number of benzene rings is 8. The number of fused-ring (bicyclic) bond motifs is 9. The van der Waals surface area contributed by atoms with Crippen LogP contribution in [0.3, 0.4) is 0 Å². The number of hydrogen-bond acceptors (Lipinski definition) is 3. The molecule has 2 nitrogen and oxygen atoms in total. The molecule has 12 rings (SSSR count). The van der Waals surface area contributed by atoms with Crippen molar-refractivity contribution < 1.29 is 0 Å². The van der Waals surface area contributed by atoms with Crippen LogP contribution in [-0.4, -0.2) is 15.2 Å². The lowest BCUT2D eigenvalue weighted by atomic mass is 9.84. The molecule has 9 aromatic rings. The second kappa shape index (κ2) is 15.3. The van der Waals surface area contributed by atoms with Gasteiger partial charge in [0.2, 0.25) is 0 Å². The molecule has 3 aliphatic rings. The zero-order valence-corrected chi connectivity index (χ0v) is 34.7. The first kappa shape index (κ1) is 36.5. The van der Waals surface area contributed by atoms with E-state index < -0.39 is 0 Å². The highest BCUT2D eigenvalue weighted by molar-refractivity contribution is 8.01. The molecular weight excluding hydrogens is 769 g/mol. The monoisotopic (exact) mass is 808 g/mol. The van der Waals surface area contributed by atoms with Crippen LogP contribution >= 0.6 is 11.8 Å². The average Bonchev–Trinajstić information content (AvgIpc) is 3.55. The van der Waals surface area contributed by atoms with Crippen LogP contribution in [0.15, 0.2) is 230 Å². The lowest BCUT2D eigenvalue weighted by Gasteiger charge is -2.25. The molecule has 0 spiro atoms. The smallest absolute Gasteiger partial charge is 0.0979 e. The SMILES string of the molecule is C1=CC(c2ccc(-c3cnc4c5ccc(-c6ccccc6)cc5c5cc(-c6ccccc6)ccc5c4n3)cc2)=CC(c2ccc(C3C=CC=C4c5ccccc5SC43)cc2)C=C1. The average molecular weight is 809 g/mol. The molecule has 1 aliphatic heterocycles. The van der Waals surface area contributed by atoms with Crippen molar-refractivity contribution in [2.45, 2.75) is 22.0 Å². The number of nitrogens with zero attached hydrogens (tertiary/aromatic N) is 2. The van der Waals surface area contributed by atoms with Crippen molar-refractivity contribution in [2.75, 3.05) is 0 Å². The molecule has 3 atom stereocenters. The highest BCUT2D eigenvalue weighted by Gasteiger charge is 2.34. The van der Waals surface area contributed by atoms with Gasteiger partial charge in [-0.1, -0.05) is 200 Å². The van der Waals surface area contributed by atoms with E-state index in [1.54, 1.807) is 0 Å². The van der Waals surface area contributed by atoms with Gasteiger partial charge in [-0.2, -0.15) is 0 Å². The standard InChI is InChI=1S/C59H40N2S/c1-3-12-38(13-4-1)46-30-32-50-53(35-46)54-36-47(39-14-5-2-6-15-39)31-33-51(54)58-57(50)60-37-55(61-58)43-28-24-41(25-29-43)45-17-8-7-16-44(34-45)40-22-26-42(27-23-40)48-19-11-20-52-49-18-9-10-21-56(49)62-59(48)52/h1-37,44,48,59H. The molecule has 3 unspecified atom stereocenters. The lowest BCUT2D eigenvalue weighted by Crippen LogP contribution is -2.14. The summed E-state index contributed by atoms with van der Waals surface area (Å²) in [7, 11) is 0. The van der Waals surface area contributed by atoms with Crippen molar-refractivity contribution in [3.05, 3.63) is 247 Å². The fourth-order valence-corrected chi connectivity index (χ4v) is 11.1. The summed E-state index contributed by atoms with van der Waals surface area (Å²) in [5, 5.41) is 4.98. The first-order valence-corrected chi connectivity index (χ1v) is 22.3. The van der Waals surface area contributed by atoms with Crippen molar-refractivity contribution >= 4 is 55.5 Å². The fraction of sp³-hybridized carbons (Fsp3) is 0.0508. The number of allylic oxidation sites excluding steroid dienone is 9. The Morgan fingerprint density at radius 1 is 0.468 bits per heavy atom. The van der Waals surface area contributed by atoms with E-state index in [1.807, 2.05) is 18.0 Å². The normalized spacial score (nSPS) is 17.8. The number of aromatic nitrogens is 2. The van der Waals surface area contributed by atoms with Gasteiger partial charge in [-0.05, 0) is 84.6 Å². The number of thioether (sulfide) groups is 1. The molecular formula is C59H40N2S. The maximum atomic E-state index is 5.37. The summed E-state index contributed by atoms with van der Waals surface area (Å²) in [6, 6.07) is 61.7. The van der Waals surface area contributed by atoms with E-state index in [0.29, 0.717) is 11.2 Å². The Balaban J connectivity index is 0.857. The van der Waals surface area contributed by atoms with Crippen LogP contribution in [-0.2, 0) is 0 Å².